The molecule has 0 fully saturated rings. The highest BCUT2D eigenvalue weighted by molar-refractivity contribution is 5.94. The number of aromatic nitrogens is 1. The van der Waals surface area contributed by atoms with E-state index in [1.54, 1.807) is 36.3 Å². The summed E-state index contributed by atoms with van der Waals surface area (Å²) in [6.45, 7) is 4.72. The van der Waals surface area contributed by atoms with Gasteiger partial charge in [-0.2, -0.15) is 0 Å². The number of carbonyl (C=O) groups excluding carboxylic acids is 1. The Balaban J connectivity index is 1.72. The van der Waals surface area contributed by atoms with Crippen LogP contribution in [0.3, 0.4) is 0 Å². The predicted octanol–water partition coefficient (Wildman–Crippen LogP) is 5.25. The summed E-state index contributed by atoms with van der Waals surface area (Å²) in [7, 11) is 1.58. The number of benzene rings is 3. The highest BCUT2D eigenvalue weighted by atomic mass is 16.5. The molecule has 0 aliphatic carbocycles. The molecule has 1 amide bonds. The molecule has 1 aromatic heterocycles. The van der Waals surface area contributed by atoms with Crippen molar-refractivity contribution in [2.24, 2.45) is 0 Å². The van der Waals surface area contributed by atoms with Crippen LogP contribution in [0.4, 0.5) is 0 Å². The third-order valence-electron chi connectivity index (χ3n) is 5.85. The normalized spacial score (nSPS) is 10.9. The second-order valence-electron chi connectivity index (χ2n) is 8.28. The van der Waals surface area contributed by atoms with Crippen LogP contribution in [0, 0.1) is 6.92 Å². The maximum Gasteiger partial charge on any atom is 0.254 e. The zero-order valence-corrected chi connectivity index (χ0v) is 19.2. The highest BCUT2D eigenvalue weighted by Crippen LogP contribution is 2.20. The second kappa shape index (κ2) is 9.74. The van der Waals surface area contributed by atoms with Gasteiger partial charge in [0.05, 0.1) is 13.7 Å². The molecular formula is C28H28N2O3. The topological polar surface area (TPSA) is 62.4 Å². The summed E-state index contributed by atoms with van der Waals surface area (Å²) in [5.41, 5.74) is 5.05. The van der Waals surface area contributed by atoms with Crippen molar-refractivity contribution < 1.29 is 9.53 Å². The third kappa shape index (κ3) is 5.14. The molecule has 0 aliphatic heterocycles. The number of carbonyl (C=O) groups is 1. The van der Waals surface area contributed by atoms with E-state index in [1.807, 2.05) is 49.4 Å². The molecule has 0 saturated carbocycles. The fourth-order valence-electron chi connectivity index (χ4n) is 3.90. The Labute approximate surface area is 193 Å². The van der Waals surface area contributed by atoms with Crippen LogP contribution in [0.1, 0.15) is 39.5 Å². The third-order valence-corrected chi connectivity index (χ3v) is 5.85. The van der Waals surface area contributed by atoms with Crippen LogP contribution in [-0.4, -0.2) is 22.9 Å². The van der Waals surface area contributed by atoms with E-state index < -0.39 is 0 Å². The van der Waals surface area contributed by atoms with Crippen molar-refractivity contribution in [1.82, 2.24) is 9.88 Å². The highest BCUT2D eigenvalue weighted by Gasteiger charge is 2.19. The molecule has 0 saturated heterocycles. The number of hydrogen-bond acceptors (Lipinski definition) is 3. The Morgan fingerprint density at radius 2 is 1.70 bits per heavy atom. The van der Waals surface area contributed by atoms with Crippen molar-refractivity contribution in [2.45, 2.75) is 33.4 Å². The van der Waals surface area contributed by atoms with Crippen LogP contribution >= 0.6 is 0 Å². The van der Waals surface area contributed by atoms with Crippen LogP contribution < -0.4 is 10.3 Å². The molecule has 0 spiro atoms. The van der Waals surface area contributed by atoms with E-state index in [-0.39, 0.29) is 18.0 Å². The first-order valence-electron chi connectivity index (χ1n) is 11.1. The Kier molecular flexibility index (Phi) is 6.59. The molecule has 0 aliphatic rings. The molecule has 0 unspecified atom stereocenters. The molecule has 5 heteroatoms. The molecule has 0 atom stereocenters. The van der Waals surface area contributed by atoms with Gasteiger partial charge in [-0.3, -0.25) is 9.59 Å². The van der Waals surface area contributed by atoms with E-state index in [9.17, 15) is 9.59 Å². The van der Waals surface area contributed by atoms with Crippen molar-refractivity contribution in [1.29, 1.82) is 0 Å². The van der Waals surface area contributed by atoms with E-state index in [4.69, 9.17) is 4.74 Å². The van der Waals surface area contributed by atoms with Gasteiger partial charge >= 0.3 is 0 Å². The number of aryl methyl sites for hydroxylation is 2. The maximum absolute atomic E-state index is 13.5. The van der Waals surface area contributed by atoms with E-state index in [0.29, 0.717) is 23.4 Å². The number of fused-ring (bicyclic) bond motifs is 1. The van der Waals surface area contributed by atoms with Crippen LogP contribution in [0.5, 0.6) is 5.75 Å². The molecule has 5 nitrogen and oxygen atoms in total. The summed E-state index contributed by atoms with van der Waals surface area (Å²) >= 11 is 0. The number of aromatic amines is 1. The number of amides is 1. The minimum atomic E-state index is -0.181. The zero-order chi connectivity index (χ0) is 23.4. The van der Waals surface area contributed by atoms with Gasteiger partial charge in [-0.25, -0.2) is 0 Å². The predicted molar refractivity (Wildman–Crippen MR) is 132 cm³/mol. The zero-order valence-electron chi connectivity index (χ0n) is 19.2. The monoisotopic (exact) mass is 440 g/mol. The maximum atomic E-state index is 13.5. The smallest absolute Gasteiger partial charge is 0.254 e. The summed E-state index contributed by atoms with van der Waals surface area (Å²) in [6, 6.07) is 23.1. The minimum absolute atomic E-state index is 0.156. The Hall–Kier alpha value is -3.86. The molecule has 1 N–H and O–H groups in total. The number of nitrogens with zero attached hydrogens (tertiary/aromatic N) is 1. The van der Waals surface area contributed by atoms with Crippen molar-refractivity contribution >= 4 is 16.8 Å². The summed E-state index contributed by atoms with van der Waals surface area (Å²) in [6.07, 6.45) is 0.915. The van der Waals surface area contributed by atoms with Crippen LogP contribution in [0.15, 0.2) is 77.6 Å². The molecule has 168 valence electrons. The summed E-state index contributed by atoms with van der Waals surface area (Å²) in [5.74, 6) is 0.461. The molecule has 33 heavy (non-hydrogen) atoms. The lowest BCUT2D eigenvalue weighted by molar-refractivity contribution is 0.0729. The molecule has 4 rings (SSSR count). The molecule has 0 radical (unpaired) electrons. The van der Waals surface area contributed by atoms with Gasteiger partial charge in [-0.1, -0.05) is 48.9 Å². The average Bonchev–Trinajstić information content (AvgIpc) is 2.84. The largest absolute Gasteiger partial charge is 0.497 e. The fraction of sp³-hybridized carbons (Fsp3) is 0.214. The van der Waals surface area contributed by atoms with Gasteiger partial charge in [0.1, 0.15) is 5.75 Å². The van der Waals surface area contributed by atoms with Crippen molar-refractivity contribution in [3.05, 3.63) is 111 Å². The van der Waals surface area contributed by atoms with Gasteiger partial charge < -0.3 is 14.6 Å². The van der Waals surface area contributed by atoms with E-state index in [0.717, 1.165) is 28.5 Å². The number of methoxy groups -OCH3 is 1. The quantitative estimate of drug-likeness (QED) is 0.427. The van der Waals surface area contributed by atoms with E-state index in [1.165, 1.54) is 5.56 Å². The molecule has 4 aromatic rings. The molecule has 1 heterocycles. The van der Waals surface area contributed by atoms with Gasteiger partial charge in [0.25, 0.3) is 11.5 Å². The lowest BCUT2D eigenvalue weighted by Gasteiger charge is -2.23. The van der Waals surface area contributed by atoms with E-state index in [2.05, 4.69) is 18.0 Å². The fourth-order valence-corrected chi connectivity index (χ4v) is 3.90. The first-order valence-corrected chi connectivity index (χ1v) is 11.1. The van der Waals surface area contributed by atoms with Crippen molar-refractivity contribution in [3.63, 3.8) is 0 Å². The van der Waals surface area contributed by atoms with Gasteiger partial charge in [0, 0.05) is 23.2 Å². The summed E-state index contributed by atoms with van der Waals surface area (Å²) in [4.78, 5) is 31.1. The van der Waals surface area contributed by atoms with Crippen LogP contribution in [-0.2, 0) is 19.5 Å². The Morgan fingerprint density at radius 1 is 0.939 bits per heavy atom. The summed E-state index contributed by atoms with van der Waals surface area (Å²) in [5, 5.41) is 0.966. The average molecular weight is 441 g/mol. The van der Waals surface area contributed by atoms with Crippen molar-refractivity contribution in [3.8, 4) is 5.75 Å². The number of ether oxygens (including phenoxy) is 1. The number of H-pyrrole nitrogens is 1. The number of nitrogens with one attached hydrogen (secondary N) is 1. The standard InChI is InChI=1S/C28H28N2O3/c1-4-20-12-13-26-23(14-20)15-24(27(31)29-26)18-30(17-21-10-8-19(2)9-11-21)28(32)22-6-5-7-25(16-22)33-3/h5-16H,4,17-18H2,1-3H3,(H,29,31). The lowest BCUT2D eigenvalue weighted by atomic mass is 10.1. The number of hydrogen-bond donors (Lipinski definition) is 1. The van der Waals surface area contributed by atoms with Gasteiger partial charge in [0.15, 0.2) is 0 Å². The first kappa shape index (κ1) is 22.3. The minimum Gasteiger partial charge on any atom is -0.497 e. The van der Waals surface area contributed by atoms with Gasteiger partial charge in [0.2, 0.25) is 0 Å². The molecule has 3 aromatic carbocycles. The Morgan fingerprint density at radius 3 is 2.42 bits per heavy atom. The SMILES string of the molecule is CCc1ccc2[nH]c(=O)c(CN(Cc3ccc(C)cc3)C(=O)c3cccc(OC)c3)cc2c1. The summed E-state index contributed by atoms with van der Waals surface area (Å²) < 4.78 is 5.30. The van der Waals surface area contributed by atoms with Crippen LogP contribution in [0.25, 0.3) is 10.9 Å². The molecule has 0 bridgehead atoms. The molecular weight excluding hydrogens is 412 g/mol. The Bertz CT molecular complexity index is 1340. The van der Waals surface area contributed by atoms with E-state index >= 15 is 0 Å². The van der Waals surface area contributed by atoms with Crippen molar-refractivity contribution in [2.75, 3.05) is 7.11 Å². The first-order chi connectivity index (χ1) is 16.0. The van der Waals surface area contributed by atoms with Crippen LogP contribution in [0.2, 0.25) is 0 Å². The van der Waals surface area contributed by atoms with Gasteiger partial charge in [-0.05, 0) is 66.3 Å². The second-order valence-corrected chi connectivity index (χ2v) is 8.28. The number of pyridine rings is 1. The number of rotatable bonds is 7. The van der Waals surface area contributed by atoms with Gasteiger partial charge in [-0.15, -0.1) is 0 Å². The lowest BCUT2D eigenvalue weighted by Crippen LogP contribution is -2.32.